The molecule has 2 N–H and O–H groups in total. The van der Waals surface area contributed by atoms with E-state index in [4.69, 9.17) is 4.74 Å². The van der Waals surface area contributed by atoms with Crippen molar-refractivity contribution in [3.05, 3.63) is 18.0 Å². The van der Waals surface area contributed by atoms with Crippen LogP contribution in [0.3, 0.4) is 0 Å². The first-order chi connectivity index (χ1) is 9.83. The molecular formula is C14H22N4O2. The number of carbonyl (C=O) groups excluding carboxylic acids is 1. The Bertz CT molecular complexity index is 448. The van der Waals surface area contributed by atoms with E-state index in [9.17, 15) is 4.79 Å². The lowest BCUT2D eigenvalue weighted by Gasteiger charge is -2.22. The molecule has 0 aliphatic carbocycles. The molecule has 2 aliphatic rings. The van der Waals surface area contributed by atoms with E-state index < -0.39 is 0 Å². The van der Waals surface area contributed by atoms with Gasteiger partial charge in [0.05, 0.1) is 12.1 Å². The molecule has 20 heavy (non-hydrogen) atoms. The van der Waals surface area contributed by atoms with Gasteiger partial charge in [0, 0.05) is 25.9 Å². The van der Waals surface area contributed by atoms with Gasteiger partial charge in [-0.3, -0.25) is 9.48 Å². The second kappa shape index (κ2) is 6.37. The average molecular weight is 278 g/mol. The van der Waals surface area contributed by atoms with Crippen LogP contribution in [0.2, 0.25) is 0 Å². The van der Waals surface area contributed by atoms with Gasteiger partial charge in [-0.1, -0.05) is 0 Å². The Morgan fingerprint density at radius 1 is 1.50 bits per heavy atom. The van der Waals surface area contributed by atoms with Crippen molar-refractivity contribution in [2.24, 2.45) is 0 Å². The van der Waals surface area contributed by atoms with Gasteiger partial charge in [0.2, 0.25) is 0 Å². The first kappa shape index (κ1) is 13.6. The predicted molar refractivity (Wildman–Crippen MR) is 74.7 cm³/mol. The summed E-state index contributed by atoms with van der Waals surface area (Å²) in [6.45, 7) is 3.39. The molecule has 0 aromatic carbocycles. The van der Waals surface area contributed by atoms with Crippen molar-refractivity contribution >= 4 is 5.91 Å². The van der Waals surface area contributed by atoms with E-state index in [-0.39, 0.29) is 12.0 Å². The molecule has 0 radical (unpaired) electrons. The van der Waals surface area contributed by atoms with Crippen molar-refractivity contribution in [1.82, 2.24) is 20.4 Å². The van der Waals surface area contributed by atoms with Gasteiger partial charge < -0.3 is 15.4 Å². The minimum Gasteiger partial charge on any atom is -0.376 e. The lowest BCUT2D eigenvalue weighted by Crippen LogP contribution is -2.33. The molecule has 2 fully saturated rings. The number of piperidine rings is 1. The highest BCUT2D eigenvalue weighted by Gasteiger charge is 2.19. The third-order valence-corrected chi connectivity index (χ3v) is 4.00. The molecule has 110 valence electrons. The van der Waals surface area contributed by atoms with Crippen LogP contribution in [0.5, 0.6) is 0 Å². The first-order valence-corrected chi connectivity index (χ1v) is 7.48. The molecule has 0 saturated carbocycles. The number of hydrogen-bond acceptors (Lipinski definition) is 4. The van der Waals surface area contributed by atoms with E-state index in [2.05, 4.69) is 15.7 Å². The number of ether oxygens (including phenoxy) is 1. The quantitative estimate of drug-likeness (QED) is 0.851. The molecular weight excluding hydrogens is 256 g/mol. The van der Waals surface area contributed by atoms with Crippen molar-refractivity contribution in [3.8, 4) is 0 Å². The van der Waals surface area contributed by atoms with Gasteiger partial charge in [0.15, 0.2) is 0 Å². The number of hydrogen-bond donors (Lipinski definition) is 2. The molecule has 6 heteroatoms. The zero-order valence-electron chi connectivity index (χ0n) is 11.7. The van der Waals surface area contributed by atoms with Gasteiger partial charge in [-0.25, -0.2) is 0 Å². The maximum atomic E-state index is 12.0. The van der Waals surface area contributed by atoms with Gasteiger partial charge in [-0.15, -0.1) is 0 Å². The molecule has 2 unspecified atom stereocenters. The van der Waals surface area contributed by atoms with Crippen LogP contribution in [0, 0.1) is 0 Å². The summed E-state index contributed by atoms with van der Waals surface area (Å²) in [7, 11) is 0. The molecule has 0 spiro atoms. The number of nitrogens with zero attached hydrogens (tertiary/aromatic N) is 2. The van der Waals surface area contributed by atoms with Crippen molar-refractivity contribution in [3.63, 3.8) is 0 Å². The van der Waals surface area contributed by atoms with Crippen molar-refractivity contribution < 1.29 is 9.53 Å². The highest BCUT2D eigenvalue weighted by Crippen LogP contribution is 2.16. The van der Waals surface area contributed by atoms with E-state index in [1.54, 1.807) is 6.07 Å². The van der Waals surface area contributed by atoms with Gasteiger partial charge in [-0.05, 0) is 38.3 Å². The zero-order chi connectivity index (χ0) is 13.8. The third kappa shape index (κ3) is 3.19. The SMILES string of the molecule is O=C(NCC1CCCO1)c1ccn(C2CCCNC2)n1. The fourth-order valence-corrected chi connectivity index (χ4v) is 2.82. The van der Waals surface area contributed by atoms with Gasteiger partial charge in [0.25, 0.3) is 5.91 Å². The van der Waals surface area contributed by atoms with Crippen LogP contribution in [-0.4, -0.2) is 48.0 Å². The Balaban J connectivity index is 1.53. The summed E-state index contributed by atoms with van der Waals surface area (Å²) < 4.78 is 7.40. The fourth-order valence-electron chi connectivity index (χ4n) is 2.82. The van der Waals surface area contributed by atoms with Crippen molar-refractivity contribution in [1.29, 1.82) is 0 Å². The first-order valence-electron chi connectivity index (χ1n) is 7.48. The van der Waals surface area contributed by atoms with Crippen LogP contribution >= 0.6 is 0 Å². The Labute approximate surface area is 118 Å². The summed E-state index contributed by atoms with van der Waals surface area (Å²) in [5, 5.41) is 10.7. The Hall–Kier alpha value is -1.40. The van der Waals surface area contributed by atoms with Crippen molar-refractivity contribution in [2.75, 3.05) is 26.2 Å². The Morgan fingerprint density at radius 3 is 3.20 bits per heavy atom. The van der Waals surface area contributed by atoms with Gasteiger partial charge >= 0.3 is 0 Å². The number of amides is 1. The smallest absolute Gasteiger partial charge is 0.271 e. The fraction of sp³-hybridized carbons (Fsp3) is 0.714. The molecule has 3 heterocycles. The predicted octanol–water partition coefficient (Wildman–Crippen LogP) is 0.716. The minimum absolute atomic E-state index is 0.108. The van der Waals surface area contributed by atoms with Crippen LogP contribution in [0.15, 0.2) is 12.3 Å². The van der Waals surface area contributed by atoms with E-state index in [1.165, 1.54) is 0 Å². The molecule has 6 nitrogen and oxygen atoms in total. The van der Waals surface area contributed by atoms with Crippen molar-refractivity contribution in [2.45, 2.75) is 37.8 Å². The second-order valence-corrected chi connectivity index (χ2v) is 5.53. The number of rotatable bonds is 4. The van der Waals surface area contributed by atoms with E-state index >= 15 is 0 Å². The maximum absolute atomic E-state index is 12.0. The zero-order valence-corrected chi connectivity index (χ0v) is 11.7. The lowest BCUT2D eigenvalue weighted by molar-refractivity contribution is 0.0852. The molecule has 2 saturated heterocycles. The van der Waals surface area contributed by atoms with Crippen LogP contribution in [-0.2, 0) is 4.74 Å². The van der Waals surface area contributed by atoms with Crippen LogP contribution in [0.1, 0.15) is 42.2 Å². The number of nitrogens with one attached hydrogen (secondary N) is 2. The number of aromatic nitrogens is 2. The highest BCUT2D eigenvalue weighted by molar-refractivity contribution is 5.92. The van der Waals surface area contributed by atoms with Crippen LogP contribution < -0.4 is 10.6 Å². The molecule has 2 aliphatic heterocycles. The maximum Gasteiger partial charge on any atom is 0.271 e. The van der Waals surface area contributed by atoms with E-state index in [0.29, 0.717) is 18.3 Å². The summed E-state index contributed by atoms with van der Waals surface area (Å²) >= 11 is 0. The van der Waals surface area contributed by atoms with E-state index in [0.717, 1.165) is 45.4 Å². The largest absolute Gasteiger partial charge is 0.376 e. The lowest BCUT2D eigenvalue weighted by atomic mass is 10.1. The summed E-state index contributed by atoms with van der Waals surface area (Å²) in [4.78, 5) is 12.0. The monoisotopic (exact) mass is 278 g/mol. The third-order valence-electron chi connectivity index (χ3n) is 4.00. The van der Waals surface area contributed by atoms with E-state index in [1.807, 2.05) is 10.9 Å². The van der Waals surface area contributed by atoms with Gasteiger partial charge in [0.1, 0.15) is 5.69 Å². The van der Waals surface area contributed by atoms with Gasteiger partial charge in [-0.2, -0.15) is 5.10 Å². The van der Waals surface area contributed by atoms with Crippen LogP contribution in [0.4, 0.5) is 0 Å². The average Bonchev–Trinajstić information content (AvgIpc) is 3.17. The number of carbonyl (C=O) groups is 1. The Morgan fingerprint density at radius 2 is 2.45 bits per heavy atom. The molecule has 2 atom stereocenters. The normalized spacial score (nSPS) is 26.6. The molecule has 1 amide bonds. The summed E-state index contributed by atoms with van der Waals surface area (Å²) in [5.41, 5.74) is 0.494. The molecule has 0 bridgehead atoms. The topological polar surface area (TPSA) is 68.2 Å². The summed E-state index contributed by atoms with van der Waals surface area (Å²) in [6.07, 6.45) is 6.46. The molecule has 1 aromatic heterocycles. The van der Waals surface area contributed by atoms with Crippen LogP contribution in [0.25, 0.3) is 0 Å². The highest BCUT2D eigenvalue weighted by atomic mass is 16.5. The molecule has 3 rings (SSSR count). The Kier molecular flexibility index (Phi) is 4.32. The second-order valence-electron chi connectivity index (χ2n) is 5.53. The minimum atomic E-state index is -0.108. The summed E-state index contributed by atoms with van der Waals surface area (Å²) in [6, 6.07) is 2.16. The molecule has 1 aromatic rings. The standard InChI is InChI=1S/C14H22N4O2/c19-14(16-10-12-4-2-8-20-12)13-5-7-18(17-13)11-3-1-6-15-9-11/h5,7,11-12,15H,1-4,6,8-10H2,(H,16,19). The summed E-state index contributed by atoms with van der Waals surface area (Å²) in [5.74, 6) is -0.108.